The first kappa shape index (κ1) is 18.0. The maximum absolute atomic E-state index is 13.1. The third kappa shape index (κ3) is 4.07. The largest absolute Gasteiger partial charge is 0.303 e. The van der Waals surface area contributed by atoms with Crippen LogP contribution in [-0.4, -0.2) is 17.1 Å². The van der Waals surface area contributed by atoms with E-state index in [1.165, 1.54) is 29.2 Å². The highest BCUT2D eigenvalue weighted by Crippen LogP contribution is 2.24. The highest BCUT2D eigenvalue weighted by molar-refractivity contribution is 6.08. The van der Waals surface area contributed by atoms with Crippen molar-refractivity contribution in [3.8, 4) is 0 Å². The van der Waals surface area contributed by atoms with Crippen LogP contribution in [0.25, 0.3) is 0 Å². The van der Waals surface area contributed by atoms with E-state index in [4.69, 9.17) is 0 Å². The van der Waals surface area contributed by atoms with Gasteiger partial charge >= 0.3 is 0 Å². The van der Waals surface area contributed by atoms with Gasteiger partial charge < -0.3 is 4.90 Å². The summed E-state index contributed by atoms with van der Waals surface area (Å²) in [5, 5.41) is 10.8. The standard InChI is InChI=1S/C21H16N2O4/c24-15-18-8-4-5-9-20(18)22(14-16-6-2-1-3-7-16)21(25)17-10-12-19(13-11-17)23(26)27/h1-13,15H,14H2. The van der Waals surface area contributed by atoms with Crippen LogP contribution in [0.2, 0.25) is 0 Å². The fourth-order valence-electron chi connectivity index (χ4n) is 2.75. The van der Waals surface area contributed by atoms with E-state index in [1.807, 2.05) is 30.3 Å². The summed E-state index contributed by atoms with van der Waals surface area (Å²) in [7, 11) is 0. The third-order valence-electron chi connectivity index (χ3n) is 4.11. The predicted octanol–water partition coefficient (Wildman–Crippen LogP) is 4.25. The Morgan fingerprint density at radius 1 is 0.926 bits per heavy atom. The topological polar surface area (TPSA) is 80.5 Å². The normalized spacial score (nSPS) is 10.2. The van der Waals surface area contributed by atoms with Crippen LogP contribution in [0.1, 0.15) is 26.3 Å². The summed E-state index contributed by atoms with van der Waals surface area (Å²) in [5.41, 5.74) is 1.99. The van der Waals surface area contributed by atoms with E-state index in [1.54, 1.807) is 24.3 Å². The van der Waals surface area contributed by atoms with Gasteiger partial charge in [0.15, 0.2) is 6.29 Å². The molecular weight excluding hydrogens is 344 g/mol. The Kier molecular flexibility index (Phi) is 5.37. The number of nitro benzene ring substituents is 1. The molecule has 0 radical (unpaired) electrons. The second-order valence-corrected chi connectivity index (χ2v) is 5.86. The van der Waals surface area contributed by atoms with Gasteiger partial charge in [0.25, 0.3) is 11.6 Å². The molecule has 3 rings (SSSR count). The molecule has 0 atom stereocenters. The van der Waals surface area contributed by atoms with Crippen molar-refractivity contribution in [1.29, 1.82) is 0 Å². The SMILES string of the molecule is O=Cc1ccccc1N(Cc1ccccc1)C(=O)c1ccc([N+](=O)[O-])cc1. The van der Waals surface area contributed by atoms with Crippen molar-refractivity contribution >= 4 is 23.6 Å². The Hall–Kier alpha value is -3.80. The smallest absolute Gasteiger partial charge is 0.269 e. The Bertz CT molecular complexity index is 969. The Morgan fingerprint density at radius 2 is 1.56 bits per heavy atom. The number of carbonyl (C=O) groups is 2. The van der Waals surface area contributed by atoms with E-state index in [2.05, 4.69) is 0 Å². The van der Waals surface area contributed by atoms with Crippen LogP contribution in [0.5, 0.6) is 0 Å². The van der Waals surface area contributed by atoms with Gasteiger partial charge in [-0.3, -0.25) is 19.7 Å². The maximum Gasteiger partial charge on any atom is 0.269 e. The van der Waals surface area contributed by atoms with Crippen molar-refractivity contribution in [2.45, 2.75) is 6.54 Å². The minimum absolute atomic E-state index is 0.0885. The average Bonchev–Trinajstić information content (AvgIpc) is 2.72. The number of non-ortho nitro benzene ring substituents is 1. The molecule has 0 saturated heterocycles. The van der Waals surface area contributed by atoms with Gasteiger partial charge in [-0.25, -0.2) is 0 Å². The highest BCUT2D eigenvalue weighted by Gasteiger charge is 2.21. The van der Waals surface area contributed by atoms with E-state index in [-0.39, 0.29) is 18.1 Å². The lowest BCUT2D eigenvalue weighted by Crippen LogP contribution is -2.31. The molecular formula is C21H16N2O4. The summed E-state index contributed by atoms with van der Waals surface area (Å²) in [6.45, 7) is 0.265. The zero-order chi connectivity index (χ0) is 19.2. The molecule has 6 nitrogen and oxygen atoms in total. The second kappa shape index (κ2) is 8.05. The van der Waals surface area contributed by atoms with Gasteiger partial charge in [-0.05, 0) is 29.8 Å². The quantitative estimate of drug-likeness (QED) is 0.374. The van der Waals surface area contributed by atoms with Crippen molar-refractivity contribution in [1.82, 2.24) is 0 Å². The summed E-state index contributed by atoms with van der Waals surface area (Å²) >= 11 is 0. The molecule has 0 fully saturated rings. The van der Waals surface area contributed by atoms with Crippen LogP contribution in [0.4, 0.5) is 11.4 Å². The maximum atomic E-state index is 13.1. The van der Waals surface area contributed by atoms with Gasteiger partial charge in [-0.1, -0.05) is 42.5 Å². The number of rotatable bonds is 6. The third-order valence-corrected chi connectivity index (χ3v) is 4.11. The van der Waals surface area contributed by atoms with E-state index < -0.39 is 4.92 Å². The van der Waals surface area contributed by atoms with Crippen molar-refractivity contribution in [3.05, 3.63) is 106 Å². The first-order valence-electron chi connectivity index (χ1n) is 8.24. The van der Waals surface area contributed by atoms with Crippen molar-refractivity contribution in [2.24, 2.45) is 0 Å². The molecule has 0 aliphatic heterocycles. The molecule has 0 aliphatic carbocycles. The summed E-state index contributed by atoms with van der Waals surface area (Å²) in [6.07, 6.45) is 0.705. The number of nitro groups is 1. The fourth-order valence-corrected chi connectivity index (χ4v) is 2.75. The first-order valence-corrected chi connectivity index (χ1v) is 8.24. The van der Waals surface area contributed by atoms with Gasteiger partial charge in [0, 0.05) is 23.3 Å². The number of nitrogens with zero attached hydrogens (tertiary/aromatic N) is 2. The summed E-state index contributed by atoms with van der Waals surface area (Å²) in [5.74, 6) is -0.344. The van der Waals surface area contributed by atoms with Crippen LogP contribution in [0, 0.1) is 10.1 Å². The number of hydrogen-bond acceptors (Lipinski definition) is 4. The lowest BCUT2D eigenvalue weighted by atomic mass is 10.1. The molecule has 3 aromatic rings. The van der Waals surface area contributed by atoms with Crippen LogP contribution in [0.15, 0.2) is 78.9 Å². The number of amides is 1. The van der Waals surface area contributed by atoms with Crippen LogP contribution < -0.4 is 4.90 Å². The minimum atomic E-state index is -0.516. The molecule has 0 unspecified atom stereocenters. The van der Waals surface area contributed by atoms with Crippen molar-refractivity contribution < 1.29 is 14.5 Å². The molecule has 27 heavy (non-hydrogen) atoms. The molecule has 0 aliphatic rings. The van der Waals surface area contributed by atoms with Crippen LogP contribution in [-0.2, 0) is 6.54 Å². The van der Waals surface area contributed by atoms with Gasteiger partial charge in [0.05, 0.1) is 17.2 Å². The van der Waals surface area contributed by atoms with Crippen molar-refractivity contribution in [2.75, 3.05) is 4.90 Å². The molecule has 0 spiro atoms. The molecule has 0 bridgehead atoms. The number of benzene rings is 3. The number of hydrogen-bond donors (Lipinski definition) is 0. The molecule has 0 saturated carbocycles. The lowest BCUT2D eigenvalue weighted by Gasteiger charge is -2.24. The molecule has 0 heterocycles. The first-order chi connectivity index (χ1) is 13.1. The van der Waals surface area contributed by atoms with Gasteiger partial charge in [-0.15, -0.1) is 0 Å². The average molecular weight is 360 g/mol. The van der Waals surface area contributed by atoms with Crippen molar-refractivity contribution in [3.63, 3.8) is 0 Å². The van der Waals surface area contributed by atoms with Crippen LogP contribution >= 0.6 is 0 Å². The lowest BCUT2D eigenvalue weighted by molar-refractivity contribution is -0.384. The predicted molar refractivity (Wildman–Crippen MR) is 102 cm³/mol. The molecule has 0 N–H and O–H groups in total. The highest BCUT2D eigenvalue weighted by atomic mass is 16.6. The molecule has 134 valence electrons. The Balaban J connectivity index is 2.01. The number of carbonyl (C=O) groups excluding carboxylic acids is 2. The van der Waals surface area contributed by atoms with Crippen LogP contribution in [0.3, 0.4) is 0 Å². The van der Waals surface area contributed by atoms with E-state index in [9.17, 15) is 19.7 Å². The number of aldehydes is 1. The van der Waals surface area contributed by atoms with Gasteiger partial charge in [0.1, 0.15) is 0 Å². The monoisotopic (exact) mass is 360 g/mol. The zero-order valence-electron chi connectivity index (χ0n) is 14.3. The Morgan fingerprint density at radius 3 is 2.19 bits per heavy atom. The van der Waals surface area contributed by atoms with E-state index in [0.717, 1.165) is 5.56 Å². The zero-order valence-corrected chi connectivity index (χ0v) is 14.3. The van der Waals surface area contributed by atoms with Gasteiger partial charge in [-0.2, -0.15) is 0 Å². The molecule has 6 heteroatoms. The molecule has 3 aromatic carbocycles. The molecule has 0 aromatic heterocycles. The van der Waals surface area contributed by atoms with Gasteiger partial charge in [0.2, 0.25) is 0 Å². The minimum Gasteiger partial charge on any atom is -0.303 e. The second-order valence-electron chi connectivity index (χ2n) is 5.86. The summed E-state index contributed by atoms with van der Waals surface area (Å²) < 4.78 is 0. The number of para-hydroxylation sites is 1. The Labute approximate surface area is 155 Å². The summed E-state index contributed by atoms with van der Waals surface area (Å²) in [4.78, 5) is 36.4. The summed E-state index contributed by atoms with van der Waals surface area (Å²) in [6, 6.07) is 21.6. The van der Waals surface area contributed by atoms with E-state index in [0.29, 0.717) is 23.1 Å². The van der Waals surface area contributed by atoms with E-state index >= 15 is 0 Å². The fraction of sp³-hybridized carbons (Fsp3) is 0.0476. The molecule has 1 amide bonds. The number of anilines is 1.